The van der Waals surface area contributed by atoms with Gasteiger partial charge in [-0.3, -0.25) is 14.8 Å². The number of carbonyl (C=O) groups is 1. The second kappa shape index (κ2) is 4.74. The third-order valence-electron chi connectivity index (χ3n) is 2.33. The van der Waals surface area contributed by atoms with Gasteiger partial charge in [0.15, 0.2) is 0 Å². The smallest absolute Gasteiger partial charge is 0.221 e. The number of pyridine rings is 2. The number of aromatic nitrogens is 2. The summed E-state index contributed by atoms with van der Waals surface area (Å²) in [5.74, 6) is -0.0969. The van der Waals surface area contributed by atoms with Crippen LogP contribution < -0.4 is 5.32 Å². The molecule has 0 saturated heterocycles. The Labute approximate surface area is 99.7 Å². The van der Waals surface area contributed by atoms with Gasteiger partial charge in [-0.25, -0.2) is 0 Å². The molecule has 0 aliphatic carbocycles. The molecule has 0 bridgehead atoms. The van der Waals surface area contributed by atoms with Crippen LogP contribution in [0.3, 0.4) is 0 Å². The van der Waals surface area contributed by atoms with Gasteiger partial charge < -0.3 is 5.32 Å². The van der Waals surface area contributed by atoms with Crippen LogP contribution >= 0.6 is 0 Å². The maximum Gasteiger partial charge on any atom is 0.221 e. The Morgan fingerprint density at radius 2 is 2.18 bits per heavy atom. The summed E-state index contributed by atoms with van der Waals surface area (Å²) < 4.78 is 0. The van der Waals surface area contributed by atoms with Crippen LogP contribution in [0.25, 0.3) is 11.3 Å². The molecule has 0 aliphatic rings. The minimum atomic E-state index is -0.0969. The van der Waals surface area contributed by atoms with Gasteiger partial charge in [-0.05, 0) is 30.7 Å². The maximum absolute atomic E-state index is 10.9. The highest BCUT2D eigenvalue weighted by atomic mass is 16.1. The first-order valence-electron chi connectivity index (χ1n) is 5.31. The van der Waals surface area contributed by atoms with Gasteiger partial charge in [-0.1, -0.05) is 0 Å². The molecule has 0 aliphatic heterocycles. The highest BCUT2D eigenvalue weighted by Gasteiger charge is 2.05. The lowest BCUT2D eigenvalue weighted by molar-refractivity contribution is -0.114. The van der Waals surface area contributed by atoms with E-state index in [1.807, 2.05) is 25.1 Å². The Hall–Kier alpha value is -2.23. The fourth-order valence-corrected chi connectivity index (χ4v) is 1.65. The van der Waals surface area contributed by atoms with E-state index >= 15 is 0 Å². The molecular weight excluding hydrogens is 214 g/mol. The van der Waals surface area contributed by atoms with Crippen LogP contribution in [0.1, 0.15) is 12.5 Å². The molecule has 2 rings (SSSR count). The molecule has 0 unspecified atom stereocenters. The van der Waals surface area contributed by atoms with Gasteiger partial charge in [-0.15, -0.1) is 0 Å². The fourth-order valence-electron chi connectivity index (χ4n) is 1.65. The molecule has 0 saturated carbocycles. The number of nitrogens with one attached hydrogen (secondary N) is 1. The first-order chi connectivity index (χ1) is 8.16. The summed E-state index contributed by atoms with van der Waals surface area (Å²) in [4.78, 5) is 19.3. The third kappa shape index (κ3) is 2.66. The molecule has 1 N–H and O–H groups in total. The van der Waals surface area contributed by atoms with Crippen molar-refractivity contribution in [1.82, 2.24) is 9.97 Å². The number of hydrogen-bond donors (Lipinski definition) is 1. The lowest BCUT2D eigenvalue weighted by Gasteiger charge is -2.07. The molecule has 4 nitrogen and oxygen atoms in total. The Balaban J connectivity index is 2.35. The van der Waals surface area contributed by atoms with Crippen molar-refractivity contribution >= 4 is 11.6 Å². The molecule has 0 radical (unpaired) electrons. The van der Waals surface area contributed by atoms with Crippen molar-refractivity contribution in [3.8, 4) is 11.3 Å². The summed E-state index contributed by atoms with van der Waals surface area (Å²) >= 11 is 0. The first-order valence-corrected chi connectivity index (χ1v) is 5.31. The summed E-state index contributed by atoms with van der Waals surface area (Å²) in [7, 11) is 0. The largest absolute Gasteiger partial charge is 0.325 e. The molecule has 4 heteroatoms. The van der Waals surface area contributed by atoms with Gasteiger partial charge >= 0.3 is 0 Å². The van der Waals surface area contributed by atoms with Gasteiger partial charge in [0.1, 0.15) is 0 Å². The van der Waals surface area contributed by atoms with Gasteiger partial charge in [0.2, 0.25) is 5.91 Å². The average molecular weight is 227 g/mol. The Morgan fingerprint density at radius 3 is 2.76 bits per heavy atom. The topological polar surface area (TPSA) is 54.9 Å². The minimum Gasteiger partial charge on any atom is -0.325 e. The number of aryl methyl sites for hydroxylation is 1. The van der Waals surface area contributed by atoms with E-state index in [4.69, 9.17) is 0 Å². The summed E-state index contributed by atoms with van der Waals surface area (Å²) in [6.45, 7) is 3.44. The molecule has 2 aromatic rings. The Kier molecular flexibility index (Phi) is 3.14. The molecule has 0 aromatic carbocycles. The summed E-state index contributed by atoms with van der Waals surface area (Å²) in [5.41, 5.74) is 3.57. The van der Waals surface area contributed by atoms with Gasteiger partial charge in [-0.2, -0.15) is 0 Å². The van der Waals surface area contributed by atoms with E-state index in [0.29, 0.717) is 5.69 Å². The molecule has 1 amide bonds. The highest BCUT2D eigenvalue weighted by molar-refractivity contribution is 5.88. The van der Waals surface area contributed by atoms with E-state index < -0.39 is 0 Å². The van der Waals surface area contributed by atoms with E-state index in [9.17, 15) is 4.79 Å². The lowest BCUT2D eigenvalue weighted by Crippen LogP contribution is -2.06. The monoisotopic (exact) mass is 227 g/mol. The average Bonchev–Trinajstić information content (AvgIpc) is 2.29. The molecule has 86 valence electrons. The molecule has 2 aromatic heterocycles. The van der Waals surface area contributed by atoms with Crippen LogP contribution in [-0.4, -0.2) is 15.9 Å². The van der Waals surface area contributed by atoms with Crippen LogP contribution in [0.15, 0.2) is 36.8 Å². The van der Waals surface area contributed by atoms with Crippen LogP contribution in [0, 0.1) is 6.92 Å². The number of anilines is 1. The predicted octanol–water partition coefficient (Wildman–Crippen LogP) is 2.41. The van der Waals surface area contributed by atoms with Crippen molar-refractivity contribution in [3.05, 3.63) is 42.4 Å². The lowest BCUT2D eigenvalue weighted by atomic mass is 10.1. The highest BCUT2D eigenvalue weighted by Crippen LogP contribution is 2.22. The minimum absolute atomic E-state index is 0.0969. The molecule has 2 heterocycles. The normalized spacial score (nSPS) is 10.0. The van der Waals surface area contributed by atoms with E-state index in [1.165, 1.54) is 6.92 Å². The molecular formula is C13H13N3O. The molecule has 17 heavy (non-hydrogen) atoms. The number of amides is 1. The van der Waals surface area contributed by atoms with Crippen LogP contribution in [0.2, 0.25) is 0 Å². The Bertz CT molecular complexity index is 538. The van der Waals surface area contributed by atoms with Gasteiger partial charge in [0.25, 0.3) is 0 Å². The van der Waals surface area contributed by atoms with E-state index in [1.54, 1.807) is 18.6 Å². The summed E-state index contributed by atoms with van der Waals surface area (Å²) in [6.07, 6.45) is 5.15. The van der Waals surface area contributed by atoms with Crippen molar-refractivity contribution < 1.29 is 4.79 Å². The summed E-state index contributed by atoms with van der Waals surface area (Å²) in [6, 6.07) is 5.73. The number of rotatable bonds is 2. The first kappa shape index (κ1) is 11.3. The quantitative estimate of drug-likeness (QED) is 0.857. The van der Waals surface area contributed by atoms with Crippen LogP contribution in [-0.2, 0) is 4.79 Å². The number of carbonyl (C=O) groups excluding carboxylic acids is 1. The number of nitrogens with zero attached hydrogens (tertiary/aromatic N) is 2. The van der Waals surface area contributed by atoms with Crippen molar-refractivity contribution in [1.29, 1.82) is 0 Å². The molecule has 0 fully saturated rings. The van der Waals surface area contributed by atoms with E-state index in [0.717, 1.165) is 16.8 Å². The summed E-state index contributed by atoms with van der Waals surface area (Å²) in [5, 5.41) is 2.71. The zero-order valence-corrected chi connectivity index (χ0v) is 9.77. The molecule has 0 atom stereocenters. The van der Waals surface area contributed by atoms with Gasteiger partial charge in [0.05, 0.1) is 17.6 Å². The van der Waals surface area contributed by atoms with Crippen LogP contribution in [0.5, 0.6) is 0 Å². The standard InChI is InChI=1S/C13H13N3O/c1-9-6-12(16-10(2)17)8-15-13(9)11-4-3-5-14-7-11/h3-8H,1-2H3,(H,16,17). The zero-order valence-electron chi connectivity index (χ0n) is 9.77. The predicted molar refractivity (Wildman–Crippen MR) is 66.5 cm³/mol. The third-order valence-corrected chi connectivity index (χ3v) is 2.33. The van der Waals surface area contributed by atoms with Crippen molar-refractivity contribution in [2.45, 2.75) is 13.8 Å². The van der Waals surface area contributed by atoms with Crippen molar-refractivity contribution in [2.75, 3.05) is 5.32 Å². The van der Waals surface area contributed by atoms with E-state index in [-0.39, 0.29) is 5.91 Å². The van der Waals surface area contributed by atoms with Crippen molar-refractivity contribution in [2.24, 2.45) is 0 Å². The van der Waals surface area contributed by atoms with Crippen LogP contribution in [0.4, 0.5) is 5.69 Å². The van der Waals surface area contributed by atoms with Crippen molar-refractivity contribution in [3.63, 3.8) is 0 Å². The second-order valence-electron chi connectivity index (χ2n) is 3.81. The number of hydrogen-bond acceptors (Lipinski definition) is 3. The second-order valence-corrected chi connectivity index (χ2v) is 3.81. The molecule has 0 spiro atoms. The Morgan fingerprint density at radius 1 is 1.35 bits per heavy atom. The SMILES string of the molecule is CC(=O)Nc1cnc(-c2cccnc2)c(C)c1. The van der Waals surface area contributed by atoms with E-state index in [2.05, 4.69) is 15.3 Å². The van der Waals surface area contributed by atoms with Gasteiger partial charge in [0, 0.05) is 24.9 Å². The zero-order chi connectivity index (χ0) is 12.3. The fraction of sp³-hybridized carbons (Fsp3) is 0.154. The maximum atomic E-state index is 10.9.